The number of carbonyl (C=O) groups is 2. The summed E-state index contributed by atoms with van der Waals surface area (Å²) in [4.78, 5) is 22.7. The highest BCUT2D eigenvalue weighted by atomic mass is 16.1. The van der Waals surface area contributed by atoms with E-state index < -0.39 is 0 Å². The average Bonchev–Trinajstić information content (AvgIpc) is 2.73. The van der Waals surface area contributed by atoms with E-state index in [0.29, 0.717) is 18.5 Å². The minimum atomic E-state index is 0.00503. The molecule has 1 amide bonds. The largest absolute Gasteiger partial charge is 0.359 e. The highest BCUT2D eigenvalue weighted by Crippen LogP contribution is 2.09. The Balaban J connectivity index is 2.58. The molecule has 0 bridgehead atoms. The minimum Gasteiger partial charge on any atom is -0.359 e. The van der Waals surface area contributed by atoms with Gasteiger partial charge in [-0.05, 0) is 6.07 Å². The summed E-state index contributed by atoms with van der Waals surface area (Å²) in [6.07, 6.45) is 4.06. The van der Waals surface area contributed by atoms with E-state index in [0.717, 1.165) is 0 Å². The Morgan fingerprint density at radius 3 is 2.69 bits per heavy atom. The Morgan fingerprint density at radius 2 is 2.12 bits per heavy atom. The zero-order chi connectivity index (χ0) is 12.1. The van der Waals surface area contributed by atoms with Gasteiger partial charge in [0.2, 0.25) is 5.91 Å². The molecule has 88 valence electrons. The zero-order valence-corrected chi connectivity index (χ0v) is 9.99. The maximum Gasteiger partial charge on any atom is 0.221 e. The number of amides is 1. The van der Waals surface area contributed by atoms with Crippen LogP contribution in [0.25, 0.3) is 0 Å². The fourth-order valence-corrected chi connectivity index (χ4v) is 1.41. The van der Waals surface area contributed by atoms with Crippen molar-refractivity contribution in [2.24, 2.45) is 5.92 Å². The van der Waals surface area contributed by atoms with Gasteiger partial charge in [0, 0.05) is 43.9 Å². The monoisotopic (exact) mass is 222 g/mol. The third kappa shape index (κ3) is 3.22. The second-order valence-corrected chi connectivity index (χ2v) is 4.08. The van der Waals surface area contributed by atoms with Crippen LogP contribution < -0.4 is 5.32 Å². The molecule has 16 heavy (non-hydrogen) atoms. The number of rotatable bonds is 5. The standard InChI is InChI=1S/C12H18N2O2/c1-9(2)12(16)10-4-6-14(8-10)7-5-11(15)13-3/h4,6,8-9H,5,7H2,1-3H3,(H,13,15). The van der Waals surface area contributed by atoms with Gasteiger partial charge in [0.15, 0.2) is 5.78 Å². The molecule has 0 unspecified atom stereocenters. The van der Waals surface area contributed by atoms with E-state index in [2.05, 4.69) is 5.32 Å². The Hall–Kier alpha value is -1.58. The number of nitrogens with one attached hydrogen (secondary N) is 1. The quantitative estimate of drug-likeness (QED) is 0.767. The molecule has 1 aromatic heterocycles. The minimum absolute atomic E-state index is 0.00503. The lowest BCUT2D eigenvalue weighted by molar-refractivity contribution is -0.120. The van der Waals surface area contributed by atoms with Crippen LogP contribution in [-0.2, 0) is 11.3 Å². The number of aryl methyl sites for hydroxylation is 1. The Labute approximate surface area is 95.6 Å². The molecule has 0 aromatic carbocycles. The maximum absolute atomic E-state index is 11.7. The fraction of sp³-hybridized carbons (Fsp3) is 0.500. The molecule has 0 aliphatic heterocycles. The summed E-state index contributed by atoms with van der Waals surface area (Å²) >= 11 is 0. The van der Waals surface area contributed by atoms with Gasteiger partial charge >= 0.3 is 0 Å². The van der Waals surface area contributed by atoms with Gasteiger partial charge in [-0.3, -0.25) is 9.59 Å². The van der Waals surface area contributed by atoms with Gasteiger partial charge in [-0.2, -0.15) is 0 Å². The van der Waals surface area contributed by atoms with Crippen molar-refractivity contribution in [2.45, 2.75) is 26.8 Å². The molecule has 1 N–H and O–H groups in total. The van der Waals surface area contributed by atoms with E-state index in [4.69, 9.17) is 0 Å². The first kappa shape index (κ1) is 12.5. The SMILES string of the molecule is CNC(=O)CCn1ccc(C(=O)C(C)C)c1. The topological polar surface area (TPSA) is 51.1 Å². The lowest BCUT2D eigenvalue weighted by Crippen LogP contribution is -2.19. The third-order valence-electron chi connectivity index (χ3n) is 2.44. The summed E-state index contributed by atoms with van der Waals surface area (Å²) in [5.74, 6) is 0.152. The number of ketones is 1. The molecule has 0 aliphatic carbocycles. The number of nitrogens with zero attached hydrogens (tertiary/aromatic N) is 1. The molecular formula is C12H18N2O2. The zero-order valence-electron chi connectivity index (χ0n) is 9.99. The first-order valence-electron chi connectivity index (χ1n) is 5.45. The molecule has 0 spiro atoms. The summed E-state index contributed by atoms with van der Waals surface area (Å²) in [5, 5.41) is 2.56. The van der Waals surface area contributed by atoms with Crippen molar-refractivity contribution in [3.8, 4) is 0 Å². The van der Waals surface area contributed by atoms with Crippen LogP contribution in [0.2, 0.25) is 0 Å². The molecule has 0 atom stereocenters. The molecule has 0 saturated heterocycles. The summed E-state index contributed by atoms with van der Waals surface area (Å²) in [6, 6.07) is 1.80. The Bertz CT molecular complexity index is 380. The molecule has 4 heteroatoms. The molecule has 1 aromatic rings. The van der Waals surface area contributed by atoms with Crippen LogP contribution in [0.3, 0.4) is 0 Å². The van der Waals surface area contributed by atoms with E-state index in [1.165, 1.54) is 0 Å². The molecule has 1 heterocycles. The van der Waals surface area contributed by atoms with Crippen LogP contribution in [0.15, 0.2) is 18.5 Å². The number of carbonyl (C=O) groups excluding carboxylic acids is 2. The molecule has 1 rings (SSSR count). The van der Waals surface area contributed by atoms with Crippen LogP contribution in [0.5, 0.6) is 0 Å². The number of aromatic nitrogens is 1. The fourth-order valence-electron chi connectivity index (χ4n) is 1.41. The second-order valence-electron chi connectivity index (χ2n) is 4.08. The van der Waals surface area contributed by atoms with E-state index >= 15 is 0 Å². The van der Waals surface area contributed by atoms with Gasteiger partial charge in [-0.25, -0.2) is 0 Å². The lowest BCUT2D eigenvalue weighted by atomic mass is 10.0. The molecule has 0 radical (unpaired) electrons. The van der Waals surface area contributed by atoms with E-state index in [-0.39, 0.29) is 17.6 Å². The van der Waals surface area contributed by atoms with E-state index in [9.17, 15) is 9.59 Å². The van der Waals surface area contributed by atoms with Crippen molar-refractivity contribution in [3.05, 3.63) is 24.0 Å². The van der Waals surface area contributed by atoms with Gasteiger partial charge in [0.05, 0.1) is 0 Å². The number of hydrogen-bond donors (Lipinski definition) is 1. The predicted molar refractivity (Wildman–Crippen MR) is 62.3 cm³/mol. The van der Waals surface area contributed by atoms with Gasteiger partial charge in [0.25, 0.3) is 0 Å². The summed E-state index contributed by atoms with van der Waals surface area (Å²) < 4.78 is 1.87. The van der Waals surface area contributed by atoms with Crippen LogP contribution in [0.4, 0.5) is 0 Å². The maximum atomic E-state index is 11.7. The normalized spacial score (nSPS) is 10.5. The first-order chi connectivity index (χ1) is 7.54. The highest BCUT2D eigenvalue weighted by molar-refractivity contribution is 5.97. The smallest absolute Gasteiger partial charge is 0.221 e. The van der Waals surface area contributed by atoms with Crippen LogP contribution in [0.1, 0.15) is 30.6 Å². The van der Waals surface area contributed by atoms with Crippen molar-refractivity contribution in [2.75, 3.05) is 7.05 Å². The van der Waals surface area contributed by atoms with Crippen molar-refractivity contribution in [3.63, 3.8) is 0 Å². The molecule has 0 saturated carbocycles. The van der Waals surface area contributed by atoms with Crippen molar-refractivity contribution >= 4 is 11.7 Å². The van der Waals surface area contributed by atoms with Gasteiger partial charge in [0.1, 0.15) is 0 Å². The number of hydrogen-bond acceptors (Lipinski definition) is 2. The molecule has 0 aliphatic rings. The third-order valence-corrected chi connectivity index (χ3v) is 2.44. The molecule has 4 nitrogen and oxygen atoms in total. The van der Waals surface area contributed by atoms with E-state index in [1.54, 1.807) is 19.3 Å². The van der Waals surface area contributed by atoms with Crippen molar-refractivity contribution in [1.29, 1.82) is 0 Å². The average molecular weight is 222 g/mol. The lowest BCUT2D eigenvalue weighted by Gasteiger charge is -2.02. The number of Topliss-reactive ketones (excluding diaryl/α,β-unsaturated/α-hetero) is 1. The van der Waals surface area contributed by atoms with Gasteiger partial charge < -0.3 is 9.88 Å². The highest BCUT2D eigenvalue weighted by Gasteiger charge is 2.11. The van der Waals surface area contributed by atoms with Crippen LogP contribution in [0, 0.1) is 5.92 Å². The molecular weight excluding hydrogens is 204 g/mol. The predicted octanol–water partition coefficient (Wildman–Crippen LogP) is 1.46. The van der Waals surface area contributed by atoms with Crippen molar-refractivity contribution in [1.82, 2.24) is 9.88 Å². The van der Waals surface area contributed by atoms with Crippen LogP contribution in [-0.4, -0.2) is 23.3 Å². The van der Waals surface area contributed by atoms with Gasteiger partial charge in [-0.15, -0.1) is 0 Å². The second kappa shape index (κ2) is 5.49. The summed E-state index contributed by atoms with van der Waals surface area (Å²) in [7, 11) is 1.62. The first-order valence-corrected chi connectivity index (χ1v) is 5.45. The molecule has 0 fully saturated rings. The Kier molecular flexibility index (Phi) is 4.28. The van der Waals surface area contributed by atoms with Gasteiger partial charge in [-0.1, -0.05) is 13.8 Å². The van der Waals surface area contributed by atoms with Crippen LogP contribution >= 0.6 is 0 Å². The van der Waals surface area contributed by atoms with Crippen molar-refractivity contribution < 1.29 is 9.59 Å². The van der Waals surface area contributed by atoms with E-state index in [1.807, 2.05) is 24.6 Å². The summed E-state index contributed by atoms with van der Waals surface area (Å²) in [5.41, 5.74) is 0.715. The Morgan fingerprint density at radius 1 is 1.44 bits per heavy atom. The summed E-state index contributed by atoms with van der Waals surface area (Å²) in [6.45, 7) is 4.36.